The van der Waals surface area contributed by atoms with Gasteiger partial charge in [-0.3, -0.25) is 9.89 Å². The molecule has 2 aromatic rings. The van der Waals surface area contributed by atoms with Crippen molar-refractivity contribution in [3.05, 3.63) is 30.4 Å². The molecule has 1 unspecified atom stereocenters. The number of ether oxygens (including phenoxy) is 1. The summed E-state index contributed by atoms with van der Waals surface area (Å²) in [5, 5.41) is 6.21. The monoisotopic (exact) mass is 292 g/mol. The maximum atomic E-state index is 12.7. The van der Waals surface area contributed by atoms with Crippen molar-refractivity contribution < 1.29 is 13.9 Å². The van der Waals surface area contributed by atoms with Gasteiger partial charge in [-0.1, -0.05) is 0 Å². The second-order valence-electron chi connectivity index (χ2n) is 4.65. The summed E-state index contributed by atoms with van der Waals surface area (Å²) in [6, 6.07) is 0.107. The van der Waals surface area contributed by atoms with Crippen molar-refractivity contribution in [2.45, 2.75) is 18.9 Å². The van der Waals surface area contributed by atoms with Crippen LogP contribution in [0.25, 0.3) is 0 Å². The second kappa shape index (κ2) is 5.81. The lowest BCUT2D eigenvalue weighted by atomic mass is 10.1. The molecule has 2 aromatic heterocycles. The maximum absolute atomic E-state index is 12.7. The van der Waals surface area contributed by atoms with E-state index in [1.165, 1.54) is 6.33 Å². The van der Waals surface area contributed by atoms with E-state index in [2.05, 4.69) is 25.1 Å². The molecular formula is C12H13FN6O2. The zero-order valence-electron chi connectivity index (χ0n) is 11.1. The highest BCUT2D eigenvalue weighted by Crippen LogP contribution is 2.16. The number of rotatable bonds is 3. The van der Waals surface area contributed by atoms with Crippen LogP contribution in [0.5, 0.6) is 6.01 Å². The van der Waals surface area contributed by atoms with Crippen LogP contribution in [0.3, 0.4) is 0 Å². The average molecular weight is 292 g/mol. The summed E-state index contributed by atoms with van der Waals surface area (Å²) in [6.07, 6.45) is 4.73. The molecule has 1 N–H and O–H groups in total. The average Bonchev–Trinajstić information content (AvgIpc) is 3.03. The number of likely N-dealkylation sites (tertiary alicyclic amines) is 1. The molecule has 1 aliphatic heterocycles. The minimum Gasteiger partial charge on any atom is -0.458 e. The van der Waals surface area contributed by atoms with Crippen molar-refractivity contribution in [3.63, 3.8) is 0 Å². The lowest BCUT2D eigenvalue weighted by molar-refractivity contribution is 0.0505. The van der Waals surface area contributed by atoms with Crippen molar-refractivity contribution in [1.29, 1.82) is 0 Å². The summed E-state index contributed by atoms with van der Waals surface area (Å²) in [5.41, 5.74) is 0. The normalized spacial score (nSPS) is 18.5. The van der Waals surface area contributed by atoms with Gasteiger partial charge in [0.25, 0.3) is 5.91 Å². The van der Waals surface area contributed by atoms with E-state index in [1.54, 1.807) is 4.90 Å². The van der Waals surface area contributed by atoms with E-state index in [-0.39, 0.29) is 23.8 Å². The molecule has 1 atom stereocenters. The first-order chi connectivity index (χ1) is 10.2. The molecule has 0 radical (unpaired) electrons. The summed E-state index contributed by atoms with van der Waals surface area (Å²) in [7, 11) is 0. The zero-order chi connectivity index (χ0) is 14.7. The van der Waals surface area contributed by atoms with Crippen LogP contribution < -0.4 is 4.74 Å². The fraction of sp³-hybridized carbons (Fsp3) is 0.417. The number of amides is 1. The van der Waals surface area contributed by atoms with Crippen molar-refractivity contribution in [3.8, 4) is 6.01 Å². The lowest BCUT2D eigenvalue weighted by Gasteiger charge is -2.31. The minimum atomic E-state index is -0.520. The Morgan fingerprint density at radius 3 is 2.90 bits per heavy atom. The number of hydrogen-bond donors (Lipinski definition) is 1. The Balaban J connectivity index is 1.63. The Bertz CT molecular complexity index is 603. The van der Waals surface area contributed by atoms with Crippen LogP contribution in [0.15, 0.2) is 18.7 Å². The van der Waals surface area contributed by atoms with Gasteiger partial charge in [-0.2, -0.15) is 5.10 Å². The van der Waals surface area contributed by atoms with E-state index in [0.717, 1.165) is 25.2 Å². The number of halogens is 1. The van der Waals surface area contributed by atoms with E-state index in [0.29, 0.717) is 13.1 Å². The molecule has 0 aromatic carbocycles. The van der Waals surface area contributed by atoms with Crippen LogP contribution in [0, 0.1) is 5.82 Å². The molecule has 1 fully saturated rings. The summed E-state index contributed by atoms with van der Waals surface area (Å²) in [5.74, 6) is -0.539. The van der Waals surface area contributed by atoms with Gasteiger partial charge in [0.05, 0.1) is 18.9 Å². The van der Waals surface area contributed by atoms with Gasteiger partial charge in [0.1, 0.15) is 12.4 Å². The Morgan fingerprint density at radius 1 is 1.38 bits per heavy atom. The summed E-state index contributed by atoms with van der Waals surface area (Å²) < 4.78 is 18.3. The lowest BCUT2D eigenvalue weighted by Crippen LogP contribution is -2.44. The summed E-state index contributed by atoms with van der Waals surface area (Å²) in [4.78, 5) is 25.1. The molecule has 110 valence electrons. The van der Waals surface area contributed by atoms with Crippen molar-refractivity contribution in [2.75, 3.05) is 13.1 Å². The molecule has 3 rings (SSSR count). The zero-order valence-corrected chi connectivity index (χ0v) is 11.1. The third kappa shape index (κ3) is 3.12. The van der Waals surface area contributed by atoms with Gasteiger partial charge in [-0.05, 0) is 12.8 Å². The van der Waals surface area contributed by atoms with Crippen molar-refractivity contribution >= 4 is 5.91 Å². The standard InChI is InChI=1S/C12H13FN6O2/c13-8-4-14-12(15-5-8)21-9-2-1-3-19(6-9)11(20)10-16-7-17-18-10/h4-5,7,9H,1-3,6H2,(H,16,17,18). The van der Waals surface area contributed by atoms with Gasteiger partial charge in [0.2, 0.25) is 5.82 Å². The van der Waals surface area contributed by atoms with Gasteiger partial charge < -0.3 is 9.64 Å². The predicted molar refractivity (Wildman–Crippen MR) is 67.9 cm³/mol. The highest BCUT2D eigenvalue weighted by Gasteiger charge is 2.27. The predicted octanol–water partition coefficient (Wildman–Crippen LogP) is 0.417. The number of H-pyrrole nitrogens is 1. The first kappa shape index (κ1) is 13.4. The molecule has 9 heteroatoms. The number of nitrogens with zero attached hydrogens (tertiary/aromatic N) is 5. The van der Waals surface area contributed by atoms with E-state index in [9.17, 15) is 9.18 Å². The van der Waals surface area contributed by atoms with Gasteiger partial charge in [0, 0.05) is 6.54 Å². The Kier molecular flexibility index (Phi) is 3.71. The number of carbonyl (C=O) groups excluding carboxylic acids is 1. The second-order valence-corrected chi connectivity index (χ2v) is 4.65. The number of aromatic nitrogens is 5. The van der Waals surface area contributed by atoms with Gasteiger partial charge in [-0.25, -0.2) is 19.3 Å². The third-order valence-electron chi connectivity index (χ3n) is 3.15. The third-order valence-corrected chi connectivity index (χ3v) is 3.15. The van der Waals surface area contributed by atoms with Gasteiger partial charge in [0.15, 0.2) is 5.82 Å². The number of nitrogens with one attached hydrogen (secondary N) is 1. The van der Waals surface area contributed by atoms with E-state index in [4.69, 9.17) is 4.74 Å². The molecule has 3 heterocycles. The molecule has 0 aliphatic carbocycles. The molecule has 1 saturated heterocycles. The summed E-state index contributed by atoms with van der Waals surface area (Å²) in [6.45, 7) is 1.03. The molecule has 21 heavy (non-hydrogen) atoms. The number of hydrogen-bond acceptors (Lipinski definition) is 6. The highest BCUT2D eigenvalue weighted by molar-refractivity contribution is 5.90. The fourth-order valence-electron chi connectivity index (χ4n) is 2.19. The first-order valence-electron chi connectivity index (χ1n) is 6.51. The van der Waals surface area contributed by atoms with Crippen LogP contribution in [0.4, 0.5) is 4.39 Å². The molecule has 0 spiro atoms. The SMILES string of the molecule is O=C(c1ncn[nH]1)N1CCCC(Oc2ncc(F)cn2)C1. The topological polar surface area (TPSA) is 96.9 Å². The molecule has 1 aliphatic rings. The smallest absolute Gasteiger partial charge is 0.316 e. The Labute approximate surface area is 119 Å². The van der Waals surface area contributed by atoms with Gasteiger partial charge in [-0.15, -0.1) is 0 Å². The molecule has 1 amide bonds. The highest BCUT2D eigenvalue weighted by atomic mass is 19.1. The minimum absolute atomic E-state index is 0.107. The van der Waals surface area contributed by atoms with Crippen LogP contribution in [0.1, 0.15) is 23.5 Å². The first-order valence-corrected chi connectivity index (χ1v) is 6.51. The summed E-state index contributed by atoms with van der Waals surface area (Å²) >= 11 is 0. The fourth-order valence-corrected chi connectivity index (χ4v) is 2.19. The van der Waals surface area contributed by atoms with E-state index >= 15 is 0 Å². The molecular weight excluding hydrogens is 279 g/mol. The van der Waals surface area contributed by atoms with Crippen LogP contribution >= 0.6 is 0 Å². The Hall–Kier alpha value is -2.58. The Morgan fingerprint density at radius 2 is 2.19 bits per heavy atom. The van der Waals surface area contributed by atoms with Gasteiger partial charge >= 0.3 is 6.01 Å². The number of piperidine rings is 1. The quantitative estimate of drug-likeness (QED) is 0.880. The maximum Gasteiger partial charge on any atom is 0.316 e. The largest absolute Gasteiger partial charge is 0.458 e. The number of aromatic amines is 1. The van der Waals surface area contributed by atoms with Crippen LogP contribution in [-0.4, -0.2) is 55.1 Å². The molecule has 0 bridgehead atoms. The van der Waals surface area contributed by atoms with Crippen LogP contribution in [0.2, 0.25) is 0 Å². The number of carbonyl (C=O) groups is 1. The van der Waals surface area contributed by atoms with Crippen molar-refractivity contribution in [2.24, 2.45) is 0 Å². The van der Waals surface area contributed by atoms with E-state index < -0.39 is 5.82 Å². The van der Waals surface area contributed by atoms with E-state index in [1.807, 2.05) is 0 Å². The van der Waals surface area contributed by atoms with Crippen LogP contribution in [-0.2, 0) is 0 Å². The molecule has 0 saturated carbocycles. The van der Waals surface area contributed by atoms with Crippen molar-refractivity contribution in [1.82, 2.24) is 30.0 Å². The molecule has 8 nitrogen and oxygen atoms in total.